The lowest BCUT2D eigenvalue weighted by atomic mass is 10.2. The second-order valence-electron chi connectivity index (χ2n) is 4.13. The van der Waals surface area contributed by atoms with Gasteiger partial charge >= 0.3 is 5.97 Å². The van der Waals surface area contributed by atoms with Crippen molar-refractivity contribution in [3.8, 4) is 0 Å². The van der Waals surface area contributed by atoms with Crippen molar-refractivity contribution in [3.63, 3.8) is 0 Å². The molecule has 0 bridgehead atoms. The van der Waals surface area contributed by atoms with Gasteiger partial charge in [-0.1, -0.05) is 35.9 Å². The van der Waals surface area contributed by atoms with Crippen molar-refractivity contribution in [1.82, 2.24) is 5.06 Å². The molecule has 0 atom stereocenters. The molecule has 2 rings (SSSR count). The van der Waals surface area contributed by atoms with E-state index in [4.69, 9.17) is 0 Å². The van der Waals surface area contributed by atoms with E-state index in [0.29, 0.717) is 5.06 Å². The number of hydrogen-bond acceptors (Lipinski definition) is 5. The van der Waals surface area contributed by atoms with Crippen LogP contribution in [0.3, 0.4) is 0 Å². The smallest absolute Gasteiger partial charge is 0.329 e. The number of amides is 2. The Hall–Kier alpha value is -1.82. The van der Waals surface area contributed by atoms with Crippen molar-refractivity contribution in [2.75, 3.05) is 12.0 Å². The Bertz CT molecular complexity index is 459. The SMILES string of the molecule is CSCC(=O)ON1C(=O)CCC1=O.Cc1ccccc1. The molecule has 108 valence electrons. The van der Waals surface area contributed by atoms with Crippen molar-refractivity contribution in [2.24, 2.45) is 0 Å². The molecule has 0 unspecified atom stereocenters. The fourth-order valence-corrected chi connectivity index (χ4v) is 1.73. The minimum Gasteiger partial charge on any atom is -0.329 e. The van der Waals surface area contributed by atoms with Gasteiger partial charge in [0, 0.05) is 12.8 Å². The van der Waals surface area contributed by atoms with Crippen LogP contribution in [0.1, 0.15) is 18.4 Å². The van der Waals surface area contributed by atoms with E-state index in [1.165, 1.54) is 17.3 Å². The first-order valence-corrected chi connectivity index (χ1v) is 7.51. The molecule has 1 saturated heterocycles. The number of carbonyl (C=O) groups excluding carboxylic acids is 3. The molecule has 1 aromatic carbocycles. The summed E-state index contributed by atoms with van der Waals surface area (Å²) in [4.78, 5) is 37.3. The third-order valence-electron chi connectivity index (χ3n) is 2.40. The van der Waals surface area contributed by atoms with Gasteiger partial charge < -0.3 is 4.84 Å². The molecule has 2 amide bonds. The maximum atomic E-state index is 10.9. The summed E-state index contributed by atoms with van der Waals surface area (Å²) < 4.78 is 0. The van der Waals surface area contributed by atoms with Crippen molar-refractivity contribution in [1.29, 1.82) is 0 Å². The second-order valence-corrected chi connectivity index (χ2v) is 5.00. The van der Waals surface area contributed by atoms with Crippen LogP contribution in [0.25, 0.3) is 0 Å². The molecule has 1 fully saturated rings. The maximum absolute atomic E-state index is 10.9. The predicted octanol–water partition coefficient (Wildman–Crippen LogP) is 1.95. The third kappa shape index (κ3) is 5.44. The van der Waals surface area contributed by atoms with E-state index in [1.54, 1.807) is 6.26 Å². The Morgan fingerprint density at radius 1 is 1.20 bits per heavy atom. The highest BCUT2D eigenvalue weighted by Gasteiger charge is 2.32. The molecule has 20 heavy (non-hydrogen) atoms. The summed E-state index contributed by atoms with van der Waals surface area (Å²) in [5, 5.41) is 0.554. The molecule has 5 nitrogen and oxygen atoms in total. The van der Waals surface area contributed by atoms with Crippen LogP contribution in [-0.2, 0) is 19.2 Å². The van der Waals surface area contributed by atoms with E-state index in [-0.39, 0.29) is 18.6 Å². The Morgan fingerprint density at radius 3 is 2.15 bits per heavy atom. The first-order valence-electron chi connectivity index (χ1n) is 6.11. The molecule has 6 heteroatoms. The molecule has 0 spiro atoms. The first-order chi connectivity index (χ1) is 9.54. The quantitative estimate of drug-likeness (QED) is 0.798. The summed E-state index contributed by atoms with van der Waals surface area (Å²) in [5.41, 5.74) is 1.32. The molecule has 0 N–H and O–H groups in total. The molecule has 0 aliphatic carbocycles. The van der Waals surface area contributed by atoms with Crippen LogP contribution in [0.15, 0.2) is 30.3 Å². The summed E-state index contributed by atoms with van der Waals surface area (Å²) in [6.07, 6.45) is 1.99. The van der Waals surface area contributed by atoms with Crippen LogP contribution in [0, 0.1) is 6.92 Å². The molecule has 1 heterocycles. The zero-order chi connectivity index (χ0) is 15.0. The zero-order valence-corrected chi connectivity index (χ0v) is 12.3. The van der Waals surface area contributed by atoms with Gasteiger partial charge in [-0.15, -0.1) is 5.06 Å². The fourth-order valence-electron chi connectivity index (χ4n) is 1.44. The predicted molar refractivity (Wildman–Crippen MR) is 76.7 cm³/mol. The third-order valence-corrected chi connectivity index (χ3v) is 2.93. The monoisotopic (exact) mass is 295 g/mol. The van der Waals surface area contributed by atoms with Crippen LogP contribution in [0.2, 0.25) is 0 Å². The van der Waals surface area contributed by atoms with E-state index in [2.05, 4.69) is 23.9 Å². The molecule has 1 aliphatic heterocycles. The Kier molecular flexibility index (Phi) is 6.79. The number of hydroxylamine groups is 2. The van der Waals surface area contributed by atoms with Gasteiger partial charge in [-0.25, -0.2) is 4.79 Å². The highest BCUT2D eigenvalue weighted by molar-refractivity contribution is 7.99. The summed E-state index contributed by atoms with van der Waals surface area (Å²) in [6, 6.07) is 10.3. The average Bonchev–Trinajstić information content (AvgIpc) is 2.72. The van der Waals surface area contributed by atoms with Gasteiger partial charge in [0.1, 0.15) is 0 Å². The highest BCUT2D eigenvalue weighted by atomic mass is 32.2. The van der Waals surface area contributed by atoms with Gasteiger partial charge in [-0.05, 0) is 13.2 Å². The van der Waals surface area contributed by atoms with Crippen LogP contribution in [0.4, 0.5) is 0 Å². The van der Waals surface area contributed by atoms with Crippen LogP contribution >= 0.6 is 11.8 Å². The van der Waals surface area contributed by atoms with Gasteiger partial charge in [0.25, 0.3) is 11.8 Å². The largest absolute Gasteiger partial charge is 0.342 e. The lowest BCUT2D eigenvalue weighted by molar-refractivity contribution is -0.195. The fraction of sp³-hybridized carbons (Fsp3) is 0.357. The van der Waals surface area contributed by atoms with Crippen LogP contribution < -0.4 is 0 Å². The first kappa shape index (κ1) is 16.2. The van der Waals surface area contributed by atoms with Gasteiger partial charge in [0.05, 0.1) is 5.75 Å². The molecule has 0 saturated carbocycles. The molecular weight excluding hydrogens is 278 g/mol. The Labute approximate surface area is 122 Å². The number of hydrogen-bond donors (Lipinski definition) is 0. The molecular formula is C14H17NO4S. The number of carbonyl (C=O) groups is 3. The molecule has 1 aromatic rings. The van der Waals surface area contributed by atoms with E-state index >= 15 is 0 Å². The number of benzene rings is 1. The molecule has 0 aromatic heterocycles. The maximum Gasteiger partial charge on any atom is 0.342 e. The van der Waals surface area contributed by atoms with E-state index < -0.39 is 17.8 Å². The van der Waals surface area contributed by atoms with Crippen LogP contribution in [0.5, 0.6) is 0 Å². The minimum absolute atomic E-state index is 0.130. The van der Waals surface area contributed by atoms with Gasteiger partial charge in [0.2, 0.25) is 0 Å². The highest BCUT2D eigenvalue weighted by Crippen LogP contribution is 2.12. The summed E-state index contributed by atoms with van der Waals surface area (Å²) in [6.45, 7) is 2.08. The number of nitrogens with zero attached hydrogens (tertiary/aromatic N) is 1. The van der Waals surface area contributed by atoms with Crippen molar-refractivity contribution in [3.05, 3.63) is 35.9 Å². The number of aryl methyl sites for hydroxylation is 1. The van der Waals surface area contributed by atoms with Crippen molar-refractivity contribution >= 4 is 29.5 Å². The summed E-state index contributed by atoms with van der Waals surface area (Å²) in [7, 11) is 0. The van der Waals surface area contributed by atoms with Crippen molar-refractivity contribution < 1.29 is 19.2 Å². The standard InChI is InChI=1S/C7H9NO4S.C7H8/c1-13-4-7(11)12-8-5(9)2-3-6(8)10;1-7-5-3-2-4-6-7/h2-4H2,1H3;2-6H,1H3. The van der Waals surface area contributed by atoms with Crippen LogP contribution in [-0.4, -0.2) is 34.9 Å². The lowest BCUT2D eigenvalue weighted by Gasteiger charge is -2.11. The minimum atomic E-state index is -0.573. The Balaban J connectivity index is 0.000000240. The summed E-state index contributed by atoms with van der Waals surface area (Å²) >= 11 is 1.27. The van der Waals surface area contributed by atoms with Gasteiger partial charge in [0.15, 0.2) is 0 Å². The zero-order valence-electron chi connectivity index (χ0n) is 11.5. The van der Waals surface area contributed by atoms with E-state index in [9.17, 15) is 14.4 Å². The Morgan fingerprint density at radius 2 is 1.75 bits per heavy atom. The van der Waals surface area contributed by atoms with E-state index in [1.807, 2.05) is 18.2 Å². The normalized spacial score (nSPS) is 13.8. The van der Waals surface area contributed by atoms with Crippen molar-refractivity contribution in [2.45, 2.75) is 19.8 Å². The topological polar surface area (TPSA) is 63.7 Å². The average molecular weight is 295 g/mol. The molecule has 1 aliphatic rings. The van der Waals surface area contributed by atoms with Gasteiger partial charge in [-0.2, -0.15) is 11.8 Å². The van der Waals surface area contributed by atoms with Gasteiger partial charge in [-0.3, -0.25) is 9.59 Å². The van der Waals surface area contributed by atoms with E-state index in [0.717, 1.165) is 0 Å². The number of imide groups is 1. The lowest BCUT2D eigenvalue weighted by Crippen LogP contribution is -2.32. The number of rotatable bonds is 3. The second kappa shape index (κ2) is 8.37. The number of thioether (sulfide) groups is 1. The molecule has 0 radical (unpaired) electrons. The summed E-state index contributed by atoms with van der Waals surface area (Å²) in [5.74, 6) is -1.33.